The van der Waals surface area contributed by atoms with E-state index < -0.39 is 0 Å². The fourth-order valence-corrected chi connectivity index (χ4v) is 4.12. The molecule has 1 fully saturated rings. The van der Waals surface area contributed by atoms with Crippen LogP contribution in [-0.2, 0) is 20.7 Å². The third-order valence-electron chi connectivity index (χ3n) is 4.20. The van der Waals surface area contributed by atoms with Crippen LogP contribution in [0.5, 0.6) is 0 Å². The molecule has 0 N–H and O–H groups in total. The Morgan fingerprint density at radius 2 is 2.38 bits per heavy atom. The van der Waals surface area contributed by atoms with Gasteiger partial charge in [-0.25, -0.2) is 4.68 Å². The summed E-state index contributed by atoms with van der Waals surface area (Å²) in [5, 5.41) is 6.10. The normalized spacial score (nSPS) is 18.0. The van der Waals surface area contributed by atoms with Crippen molar-refractivity contribution >= 4 is 44.4 Å². The second-order valence-corrected chi connectivity index (χ2v) is 7.00. The lowest BCUT2D eigenvalue weighted by molar-refractivity contribution is -0.143. The minimum atomic E-state index is -0.216. The first-order valence-electron chi connectivity index (χ1n) is 8.23. The summed E-state index contributed by atoms with van der Waals surface area (Å²) in [6, 6.07) is 1.91. The zero-order chi connectivity index (χ0) is 17.1. The third kappa shape index (κ3) is 3.60. The van der Waals surface area contributed by atoms with E-state index in [9.17, 15) is 4.79 Å². The molecule has 130 valence electrons. The summed E-state index contributed by atoms with van der Waals surface area (Å²) in [4.78, 5) is 11.6. The molecule has 1 aliphatic rings. The molecular formula is C17H20BrClN2O3. The van der Waals surface area contributed by atoms with Crippen molar-refractivity contribution in [3.8, 4) is 0 Å². The molecule has 0 amide bonds. The van der Waals surface area contributed by atoms with Crippen molar-refractivity contribution in [2.75, 3.05) is 13.2 Å². The molecule has 0 radical (unpaired) electrons. The van der Waals surface area contributed by atoms with Gasteiger partial charge < -0.3 is 9.47 Å². The van der Waals surface area contributed by atoms with Gasteiger partial charge in [-0.2, -0.15) is 5.10 Å². The number of carbonyl (C=O) groups excluding carboxylic acids is 1. The van der Waals surface area contributed by atoms with E-state index in [1.165, 1.54) is 0 Å². The fourth-order valence-electron chi connectivity index (χ4n) is 2.99. The predicted octanol–water partition coefficient (Wildman–Crippen LogP) is 4.65. The number of aromatic nitrogens is 2. The summed E-state index contributed by atoms with van der Waals surface area (Å²) in [5.41, 5.74) is 1.85. The molecule has 5 nitrogen and oxygen atoms in total. The lowest BCUT2D eigenvalue weighted by Crippen LogP contribution is -2.19. The van der Waals surface area contributed by atoms with Crippen LogP contribution in [0, 0.1) is 0 Å². The van der Waals surface area contributed by atoms with Gasteiger partial charge in [0.05, 0.1) is 18.3 Å². The molecule has 2 aromatic rings. The number of benzene rings is 1. The number of nitrogens with zero attached hydrogens (tertiary/aromatic N) is 2. The van der Waals surface area contributed by atoms with Crippen LogP contribution in [0.4, 0.5) is 0 Å². The van der Waals surface area contributed by atoms with Gasteiger partial charge >= 0.3 is 5.97 Å². The van der Waals surface area contributed by atoms with Gasteiger partial charge in [-0.15, -0.1) is 0 Å². The Labute approximate surface area is 154 Å². The molecule has 0 spiro atoms. The summed E-state index contributed by atoms with van der Waals surface area (Å²) < 4.78 is 13.6. The molecule has 2 heterocycles. The Morgan fingerprint density at radius 1 is 1.54 bits per heavy atom. The molecule has 1 unspecified atom stereocenters. The average Bonchev–Trinajstić information content (AvgIpc) is 2.99. The van der Waals surface area contributed by atoms with E-state index >= 15 is 0 Å². The molecule has 0 saturated carbocycles. The van der Waals surface area contributed by atoms with Crippen molar-refractivity contribution < 1.29 is 14.3 Å². The molecule has 0 aliphatic carbocycles. The lowest BCUT2D eigenvalue weighted by Gasteiger charge is -2.23. The zero-order valence-electron chi connectivity index (χ0n) is 13.6. The molecule has 3 rings (SSSR count). The van der Waals surface area contributed by atoms with Crippen LogP contribution in [0.25, 0.3) is 10.9 Å². The Kier molecular flexibility index (Phi) is 5.79. The summed E-state index contributed by atoms with van der Waals surface area (Å²) in [5.74, 6) is -0.216. The Balaban J connectivity index is 1.89. The second-order valence-electron chi connectivity index (χ2n) is 5.80. The molecule has 0 bridgehead atoms. The van der Waals surface area contributed by atoms with Crippen molar-refractivity contribution in [3.05, 3.63) is 27.3 Å². The summed E-state index contributed by atoms with van der Waals surface area (Å²) in [7, 11) is 0. The second kappa shape index (κ2) is 7.85. The summed E-state index contributed by atoms with van der Waals surface area (Å²) >= 11 is 10.1. The fraction of sp³-hybridized carbons (Fsp3) is 0.529. The van der Waals surface area contributed by atoms with Crippen LogP contribution in [-0.4, -0.2) is 29.0 Å². The van der Waals surface area contributed by atoms with Crippen molar-refractivity contribution in [2.45, 2.75) is 45.3 Å². The SMILES string of the molecule is CCOC(=O)CCc1c(Cl)cc2c(cnn2C2CCCCO2)c1Br. The first-order chi connectivity index (χ1) is 11.6. The predicted molar refractivity (Wildman–Crippen MR) is 96.2 cm³/mol. The van der Waals surface area contributed by atoms with Crippen LogP contribution in [0.15, 0.2) is 16.7 Å². The van der Waals surface area contributed by atoms with Gasteiger partial charge in [-0.05, 0) is 60.2 Å². The van der Waals surface area contributed by atoms with E-state index in [1.807, 2.05) is 16.9 Å². The highest BCUT2D eigenvalue weighted by Crippen LogP contribution is 2.36. The number of rotatable bonds is 5. The number of halogens is 2. The minimum absolute atomic E-state index is 0.0374. The van der Waals surface area contributed by atoms with Gasteiger partial charge in [0.15, 0.2) is 6.23 Å². The van der Waals surface area contributed by atoms with Crippen LogP contribution in [0.1, 0.15) is 44.4 Å². The van der Waals surface area contributed by atoms with Crippen LogP contribution in [0.3, 0.4) is 0 Å². The van der Waals surface area contributed by atoms with Gasteiger partial charge in [-0.1, -0.05) is 11.6 Å². The number of esters is 1. The lowest BCUT2D eigenvalue weighted by atomic mass is 10.1. The highest BCUT2D eigenvalue weighted by molar-refractivity contribution is 9.10. The third-order valence-corrected chi connectivity index (χ3v) is 5.44. The van der Waals surface area contributed by atoms with Crippen molar-refractivity contribution in [1.82, 2.24) is 9.78 Å². The van der Waals surface area contributed by atoms with E-state index in [2.05, 4.69) is 21.0 Å². The number of hydrogen-bond acceptors (Lipinski definition) is 4. The zero-order valence-corrected chi connectivity index (χ0v) is 15.9. The van der Waals surface area contributed by atoms with E-state index in [4.69, 9.17) is 21.1 Å². The maximum Gasteiger partial charge on any atom is 0.306 e. The minimum Gasteiger partial charge on any atom is -0.466 e. The largest absolute Gasteiger partial charge is 0.466 e. The highest BCUT2D eigenvalue weighted by Gasteiger charge is 2.21. The molecule has 1 aliphatic heterocycles. The van der Waals surface area contributed by atoms with Gasteiger partial charge in [0, 0.05) is 27.9 Å². The molecule has 1 saturated heterocycles. The van der Waals surface area contributed by atoms with Crippen LogP contribution >= 0.6 is 27.5 Å². The maximum absolute atomic E-state index is 11.6. The maximum atomic E-state index is 11.6. The van der Waals surface area contributed by atoms with Gasteiger partial charge in [0.2, 0.25) is 0 Å². The Hall–Kier alpha value is -1.11. The van der Waals surface area contributed by atoms with Crippen molar-refractivity contribution in [2.24, 2.45) is 0 Å². The van der Waals surface area contributed by atoms with Gasteiger partial charge in [-0.3, -0.25) is 4.79 Å². The molecular weight excluding hydrogens is 396 g/mol. The number of fused-ring (bicyclic) bond motifs is 1. The Morgan fingerprint density at radius 3 is 3.08 bits per heavy atom. The average molecular weight is 416 g/mol. The first kappa shape index (κ1) is 17.7. The van der Waals surface area contributed by atoms with E-state index in [0.29, 0.717) is 24.5 Å². The smallest absolute Gasteiger partial charge is 0.306 e. The van der Waals surface area contributed by atoms with Crippen molar-refractivity contribution in [1.29, 1.82) is 0 Å². The van der Waals surface area contributed by atoms with E-state index in [1.54, 1.807) is 6.92 Å². The Bertz CT molecular complexity index is 741. The van der Waals surface area contributed by atoms with Gasteiger partial charge in [0.1, 0.15) is 0 Å². The number of hydrogen-bond donors (Lipinski definition) is 0. The molecule has 24 heavy (non-hydrogen) atoms. The molecule has 1 aromatic carbocycles. The van der Waals surface area contributed by atoms with Crippen molar-refractivity contribution in [3.63, 3.8) is 0 Å². The monoisotopic (exact) mass is 414 g/mol. The topological polar surface area (TPSA) is 53.3 Å². The highest BCUT2D eigenvalue weighted by atomic mass is 79.9. The van der Waals surface area contributed by atoms with Gasteiger partial charge in [0.25, 0.3) is 0 Å². The first-order valence-corrected chi connectivity index (χ1v) is 9.40. The standard InChI is InChI=1S/C17H20BrClN2O3/c1-2-23-16(22)7-6-11-13(19)9-14-12(17(11)18)10-20-21(14)15-5-3-4-8-24-15/h9-10,15H,2-8H2,1H3. The van der Waals surface area contributed by atoms with Crippen LogP contribution in [0.2, 0.25) is 5.02 Å². The number of carbonyl (C=O) groups is 1. The van der Waals surface area contributed by atoms with E-state index in [0.717, 1.165) is 46.8 Å². The molecule has 7 heteroatoms. The quantitative estimate of drug-likeness (QED) is 0.667. The summed E-state index contributed by atoms with van der Waals surface area (Å²) in [6.07, 6.45) is 5.80. The number of ether oxygens (including phenoxy) is 2. The molecule has 1 atom stereocenters. The summed E-state index contributed by atoms with van der Waals surface area (Å²) in [6.45, 7) is 2.95. The molecule has 1 aromatic heterocycles. The van der Waals surface area contributed by atoms with E-state index in [-0.39, 0.29) is 12.2 Å². The van der Waals surface area contributed by atoms with Crippen LogP contribution < -0.4 is 0 Å².